The van der Waals surface area contributed by atoms with Gasteiger partial charge in [0.25, 0.3) is 0 Å². The second-order valence-electron chi connectivity index (χ2n) is 10.1. The van der Waals surface area contributed by atoms with Gasteiger partial charge >= 0.3 is 0 Å². The molecule has 192 valence electrons. The first-order valence-corrected chi connectivity index (χ1v) is 13.2. The minimum Gasteiger partial charge on any atom is -0.460 e. The van der Waals surface area contributed by atoms with Gasteiger partial charge in [-0.3, -0.25) is 14.7 Å². The van der Waals surface area contributed by atoms with Crippen molar-refractivity contribution in [2.24, 2.45) is 5.16 Å². The number of fused-ring (bicyclic) bond motifs is 1. The topological polar surface area (TPSA) is 91.4 Å². The van der Waals surface area contributed by atoms with Crippen LogP contribution in [0.25, 0.3) is 22.5 Å². The van der Waals surface area contributed by atoms with Crippen molar-refractivity contribution >= 4 is 11.6 Å². The molecule has 8 heteroatoms. The van der Waals surface area contributed by atoms with Gasteiger partial charge in [-0.05, 0) is 55.0 Å². The van der Waals surface area contributed by atoms with E-state index in [1.807, 2.05) is 23.1 Å². The van der Waals surface area contributed by atoms with Crippen LogP contribution in [-0.4, -0.2) is 77.5 Å². The molecule has 0 bridgehead atoms. The molecule has 8 nitrogen and oxygen atoms in total. The van der Waals surface area contributed by atoms with E-state index in [0.717, 1.165) is 84.8 Å². The summed E-state index contributed by atoms with van der Waals surface area (Å²) in [5.41, 5.74) is 6.04. The van der Waals surface area contributed by atoms with Crippen molar-refractivity contribution in [1.29, 1.82) is 0 Å². The zero-order valence-corrected chi connectivity index (χ0v) is 20.9. The molecule has 1 amide bonds. The SMILES string of the molecule is O=C(CN1CCOCC1)N1CCCC(c2cc(-c3ccc4c(c3)CC/C4=N\O)c(-c3ccncc3)o2)C1. The van der Waals surface area contributed by atoms with Crippen molar-refractivity contribution in [2.45, 2.75) is 31.6 Å². The van der Waals surface area contributed by atoms with Crippen LogP contribution in [0.2, 0.25) is 0 Å². The number of amides is 1. The second-order valence-corrected chi connectivity index (χ2v) is 10.1. The number of carbonyl (C=O) groups excluding carboxylic acids is 1. The number of aryl methyl sites for hydroxylation is 1. The van der Waals surface area contributed by atoms with Crippen molar-refractivity contribution in [3.05, 3.63) is 65.7 Å². The predicted molar refractivity (Wildman–Crippen MR) is 140 cm³/mol. The summed E-state index contributed by atoms with van der Waals surface area (Å²) in [6, 6.07) is 12.4. The Bertz CT molecular complexity index is 1300. The number of nitrogens with zero attached hydrogens (tertiary/aromatic N) is 4. The number of hydrogen-bond acceptors (Lipinski definition) is 7. The molecule has 37 heavy (non-hydrogen) atoms. The molecule has 1 atom stereocenters. The van der Waals surface area contributed by atoms with Gasteiger partial charge in [-0.15, -0.1) is 0 Å². The lowest BCUT2D eigenvalue weighted by atomic mass is 9.93. The van der Waals surface area contributed by atoms with Gasteiger partial charge in [0.2, 0.25) is 5.91 Å². The number of carbonyl (C=O) groups is 1. The Hall–Kier alpha value is -3.49. The molecule has 0 radical (unpaired) electrons. The molecule has 1 aromatic carbocycles. The van der Waals surface area contributed by atoms with Gasteiger partial charge < -0.3 is 19.3 Å². The molecular weight excluding hydrogens is 468 g/mol. The molecule has 2 saturated heterocycles. The van der Waals surface area contributed by atoms with E-state index in [0.29, 0.717) is 26.3 Å². The summed E-state index contributed by atoms with van der Waals surface area (Å²) < 4.78 is 12.0. The summed E-state index contributed by atoms with van der Waals surface area (Å²) in [6.07, 6.45) is 7.12. The van der Waals surface area contributed by atoms with Crippen LogP contribution in [0.1, 0.15) is 42.1 Å². The summed E-state index contributed by atoms with van der Waals surface area (Å²) in [6.45, 7) is 4.93. The third kappa shape index (κ3) is 4.91. The summed E-state index contributed by atoms with van der Waals surface area (Å²) in [5.74, 6) is 2.08. The Balaban J connectivity index is 1.28. The zero-order chi connectivity index (χ0) is 25.2. The maximum Gasteiger partial charge on any atom is 0.236 e. The summed E-state index contributed by atoms with van der Waals surface area (Å²) in [5, 5.41) is 12.8. The number of rotatable bonds is 5. The fourth-order valence-corrected chi connectivity index (χ4v) is 5.77. The molecule has 6 rings (SSSR count). The van der Waals surface area contributed by atoms with E-state index in [2.05, 4.69) is 33.2 Å². The number of pyridine rings is 1. The number of oxime groups is 1. The Morgan fingerprint density at radius 3 is 2.68 bits per heavy atom. The maximum atomic E-state index is 13.1. The molecule has 0 spiro atoms. The number of morpholine rings is 1. The highest BCUT2D eigenvalue weighted by Gasteiger charge is 2.30. The van der Waals surface area contributed by atoms with Crippen molar-refractivity contribution < 1.29 is 19.2 Å². The van der Waals surface area contributed by atoms with Crippen molar-refractivity contribution in [3.63, 3.8) is 0 Å². The lowest BCUT2D eigenvalue weighted by molar-refractivity contribution is -0.134. The molecule has 2 aliphatic heterocycles. The van der Waals surface area contributed by atoms with Gasteiger partial charge in [-0.25, -0.2) is 0 Å². The lowest BCUT2D eigenvalue weighted by Gasteiger charge is -2.34. The summed E-state index contributed by atoms with van der Waals surface area (Å²) in [4.78, 5) is 21.5. The zero-order valence-electron chi connectivity index (χ0n) is 20.9. The standard InChI is InChI=1S/C29H32N4O4/c34-28(19-32-12-14-36-15-13-32)33-11-1-2-23(18-33)27-17-25(29(37-27)20-7-9-30-10-8-20)22-3-5-24-21(16-22)4-6-26(24)31-35/h3,5,7-10,16-17,23,35H,1-2,4,6,11-15,18-19H2/b31-26+. The number of hydrogen-bond donors (Lipinski definition) is 1. The fourth-order valence-electron chi connectivity index (χ4n) is 5.77. The van der Waals surface area contributed by atoms with E-state index >= 15 is 0 Å². The second kappa shape index (κ2) is 10.5. The Morgan fingerprint density at radius 1 is 1.03 bits per heavy atom. The van der Waals surface area contributed by atoms with Crippen LogP contribution in [0.15, 0.2) is 58.4 Å². The molecule has 3 aromatic rings. The lowest BCUT2D eigenvalue weighted by Crippen LogP contribution is -2.47. The molecule has 1 N–H and O–H groups in total. The van der Waals surface area contributed by atoms with E-state index in [4.69, 9.17) is 9.15 Å². The average molecular weight is 501 g/mol. The number of piperidine rings is 1. The molecule has 2 fully saturated rings. The molecule has 2 aromatic heterocycles. The first kappa shape index (κ1) is 23.9. The minimum atomic E-state index is 0.152. The third-order valence-electron chi connectivity index (χ3n) is 7.81. The normalized spacial score (nSPS) is 21.4. The monoisotopic (exact) mass is 500 g/mol. The number of aromatic nitrogens is 1. The van der Waals surface area contributed by atoms with Crippen LogP contribution in [0, 0.1) is 0 Å². The largest absolute Gasteiger partial charge is 0.460 e. The minimum absolute atomic E-state index is 0.152. The average Bonchev–Trinajstić information content (AvgIpc) is 3.58. The van der Waals surface area contributed by atoms with Crippen LogP contribution in [-0.2, 0) is 16.0 Å². The summed E-state index contributed by atoms with van der Waals surface area (Å²) >= 11 is 0. The molecule has 1 unspecified atom stereocenters. The molecule has 4 heterocycles. The molecule has 0 saturated carbocycles. The predicted octanol–water partition coefficient (Wildman–Crippen LogP) is 4.17. The van der Waals surface area contributed by atoms with Crippen molar-refractivity contribution in [3.8, 4) is 22.5 Å². The van der Waals surface area contributed by atoms with Crippen LogP contribution in [0.5, 0.6) is 0 Å². The quantitative estimate of drug-likeness (QED) is 0.418. The van der Waals surface area contributed by atoms with Gasteiger partial charge in [0.1, 0.15) is 11.5 Å². The molecule has 1 aliphatic carbocycles. The first-order chi connectivity index (χ1) is 18.2. The summed E-state index contributed by atoms with van der Waals surface area (Å²) in [7, 11) is 0. The van der Waals surface area contributed by atoms with E-state index in [9.17, 15) is 10.0 Å². The highest BCUT2D eigenvalue weighted by Crippen LogP contribution is 2.40. The van der Waals surface area contributed by atoms with E-state index < -0.39 is 0 Å². The van der Waals surface area contributed by atoms with Crippen LogP contribution < -0.4 is 0 Å². The van der Waals surface area contributed by atoms with Gasteiger partial charge in [-0.2, -0.15) is 0 Å². The number of furan rings is 1. The first-order valence-electron chi connectivity index (χ1n) is 13.2. The highest BCUT2D eigenvalue weighted by atomic mass is 16.5. The number of benzene rings is 1. The van der Waals surface area contributed by atoms with E-state index in [-0.39, 0.29) is 11.8 Å². The number of likely N-dealkylation sites (tertiary alicyclic amines) is 1. The Morgan fingerprint density at radius 2 is 1.86 bits per heavy atom. The molecular formula is C29H32N4O4. The Kier molecular flexibility index (Phi) is 6.76. The van der Waals surface area contributed by atoms with Gasteiger partial charge in [-0.1, -0.05) is 23.4 Å². The number of ether oxygens (including phenoxy) is 1. The van der Waals surface area contributed by atoms with Gasteiger partial charge in [0.15, 0.2) is 0 Å². The van der Waals surface area contributed by atoms with Gasteiger partial charge in [0, 0.05) is 61.2 Å². The smallest absolute Gasteiger partial charge is 0.236 e. The third-order valence-corrected chi connectivity index (χ3v) is 7.81. The van der Waals surface area contributed by atoms with E-state index in [1.165, 1.54) is 5.56 Å². The van der Waals surface area contributed by atoms with Crippen LogP contribution >= 0.6 is 0 Å². The van der Waals surface area contributed by atoms with Crippen molar-refractivity contribution in [1.82, 2.24) is 14.8 Å². The van der Waals surface area contributed by atoms with Crippen molar-refractivity contribution in [2.75, 3.05) is 45.9 Å². The highest BCUT2D eigenvalue weighted by molar-refractivity contribution is 6.04. The van der Waals surface area contributed by atoms with Crippen LogP contribution in [0.3, 0.4) is 0 Å². The van der Waals surface area contributed by atoms with Gasteiger partial charge in [0.05, 0.1) is 25.5 Å². The van der Waals surface area contributed by atoms with E-state index in [1.54, 1.807) is 12.4 Å². The maximum absolute atomic E-state index is 13.1. The Labute approximate surface area is 216 Å². The van der Waals surface area contributed by atoms with Crippen LogP contribution in [0.4, 0.5) is 0 Å². The molecule has 3 aliphatic rings. The fraction of sp³-hybridized carbons (Fsp3) is 0.414.